The molecule has 0 unspecified atom stereocenters. The van der Waals surface area contributed by atoms with Gasteiger partial charge in [-0.2, -0.15) is 5.26 Å². The normalized spacial score (nSPS) is 11.1. The van der Waals surface area contributed by atoms with E-state index in [1.165, 1.54) is 30.5 Å². The van der Waals surface area contributed by atoms with E-state index in [-0.39, 0.29) is 65.6 Å². The summed E-state index contributed by atoms with van der Waals surface area (Å²) in [5, 5.41) is 18.0. The first kappa shape index (κ1) is 31.2. The van der Waals surface area contributed by atoms with Crippen LogP contribution in [0.3, 0.4) is 0 Å². The van der Waals surface area contributed by atoms with E-state index in [1.807, 2.05) is 12.1 Å². The van der Waals surface area contributed by atoms with E-state index in [9.17, 15) is 9.18 Å². The lowest BCUT2D eigenvalue weighted by molar-refractivity contribution is -0.0112. The lowest BCUT2D eigenvalue weighted by Crippen LogP contribution is -2.16. The highest BCUT2D eigenvalue weighted by atomic mass is 19.1. The van der Waals surface area contributed by atoms with Crippen molar-refractivity contribution < 1.29 is 27.8 Å². The quantitative estimate of drug-likeness (QED) is 0.173. The molecule has 0 saturated heterocycles. The van der Waals surface area contributed by atoms with Gasteiger partial charge in [-0.05, 0) is 59.7 Å². The van der Waals surface area contributed by atoms with Crippen molar-refractivity contribution in [1.29, 1.82) is 5.26 Å². The molecule has 0 radical (unpaired) electrons. The summed E-state index contributed by atoms with van der Waals surface area (Å²) in [4.78, 5) is 24.1. The highest BCUT2D eigenvalue weighted by Crippen LogP contribution is 2.29. The Morgan fingerprint density at radius 2 is 1.72 bits per heavy atom. The number of aromatic nitrogens is 4. The smallest absolute Gasteiger partial charge is 0.252 e. The number of aromatic amines is 1. The third-order valence-electron chi connectivity index (χ3n) is 7.52. The van der Waals surface area contributed by atoms with Crippen molar-refractivity contribution >= 4 is 11.0 Å². The zero-order valence-corrected chi connectivity index (χ0v) is 24.7. The van der Waals surface area contributed by atoms with Crippen LogP contribution in [0.5, 0.6) is 5.88 Å². The Labute approximate surface area is 266 Å². The molecule has 0 atom stereocenters. The number of fused-ring (bicyclic) bond motifs is 1. The minimum Gasteiger partial charge on any atom is -0.473 e. The number of H-pyrrole nitrogens is 1. The molecule has 3 aromatic heterocycles. The van der Waals surface area contributed by atoms with Gasteiger partial charge in [0.15, 0.2) is 0 Å². The van der Waals surface area contributed by atoms with Gasteiger partial charge in [-0.1, -0.05) is 24.3 Å². The Morgan fingerprint density at radius 3 is 2.51 bits per heavy atom. The van der Waals surface area contributed by atoms with E-state index in [0.29, 0.717) is 22.4 Å². The minimum absolute atomic E-state index is 0.0392. The summed E-state index contributed by atoms with van der Waals surface area (Å²) >= 11 is 0. The van der Waals surface area contributed by atoms with Gasteiger partial charge in [0.2, 0.25) is 5.88 Å². The van der Waals surface area contributed by atoms with Gasteiger partial charge in [0.05, 0.1) is 41.5 Å². The Kier molecular flexibility index (Phi) is 9.10. The van der Waals surface area contributed by atoms with E-state index in [0.717, 1.165) is 23.8 Å². The van der Waals surface area contributed by atoms with Gasteiger partial charge in [-0.15, -0.1) is 0 Å². The van der Waals surface area contributed by atoms with Crippen molar-refractivity contribution in [2.24, 2.45) is 0 Å². The van der Waals surface area contributed by atoms with E-state index in [2.05, 4.69) is 15.0 Å². The zero-order chi connectivity index (χ0) is 32.9. The van der Waals surface area contributed by atoms with Gasteiger partial charge < -0.3 is 24.1 Å². The van der Waals surface area contributed by atoms with Crippen molar-refractivity contribution in [2.75, 3.05) is 6.79 Å². The van der Waals surface area contributed by atoms with Crippen LogP contribution < -0.4 is 10.3 Å². The molecule has 236 valence electrons. The van der Waals surface area contributed by atoms with E-state index in [1.54, 1.807) is 34.9 Å². The van der Waals surface area contributed by atoms with Crippen molar-refractivity contribution in [3.8, 4) is 23.2 Å². The summed E-state index contributed by atoms with van der Waals surface area (Å²) in [6.45, 7) is -0.367. The van der Waals surface area contributed by atoms with Crippen LogP contribution in [0.15, 0.2) is 89.9 Å². The molecule has 0 amide bonds. The Bertz CT molecular complexity index is 2190. The number of nitrogens with zero attached hydrogens (tertiary/aromatic N) is 4. The highest BCUT2D eigenvalue weighted by Gasteiger charge is 2.19. The molecule has 3 aromatic carbocycles. The second-order valence-corrected chi connectivity index (χ2v) is 10.6. The lowest BCUT2D eigenvalue weighted by atomic mass is 10.0. The number of pyridine rings is 2. The van der Waals surface area contributed by atoms with Gasteiger partial charge >= 0.3 is 0 Å². The van der Waals surface area contributed by atoms with E-state index in [4.69, 9.17) is 19.8 Å². The van der Waals surface area contributed by atoms with Gasteiger partial charge in [0, 0.05) is 35.4 Å². The summed E-state index contributed by atoms with van der Waals surface area (Å²) in [7, 11) is 0. The molecular formula is C35H26F3N5O4. The summed E-state index contributed by atoms with van der Waals surface area (Å²) in [5.41, 5.74) is 2.58. The Balaban J connectivity index is 1.29. The molecule has 0 aliphatic heterocycles. The SMILES string of the molecule is N#Cc1ccc(COc2cccc(-c3cc(F)c(Cc4nc5ccc(COCO)cc5n4Cc4ccc[nH]c4=O)cc3F)n2)c(F)c1. The van der Waals surface area contributed by atoms with Crippen molar-refractivity contribution in [1.82, 2.24) is 19.5 Å². The molecule has 6 rings (SSSR count). The molecule has 3 heterocycles. The van der Waals surface area contributed by atoms with Crippen LogP contribution in [0.25, 0.3) is 22.3 Å². The summed E-state index contributed by atoms with van der Waals surface area (Å²) in [6.07, 6.45) is 1.44. The molecule has 0 saturated carbocycles. The molecule has 6 aromatic rings. The topological polar surface area (TPSA) is 126 Å². The van der Waals surface area contributed by atoms with Crippen LogP contribution in [-0.4, -0.2) is 31.4 Å². The molecule has 0 aliphatic rings. The number of hydrogen-bond donors (Lipinski definition) is 2. The fourth-order valence-electron chi connectivity index (χ4n) is 5.16. The monoisotopic (exact) mass is 637 g/mol. The Hall–Kier alpha value is -5.77. The lowest BCUT2D eigenvalue weighted by Gasteiger charge is -2.12. The largest absolute Gasteiger partial charge is 0.473 e. The van der Waals surface area contributed by atoms with Crippen molar-refractivity contribution in [3.63, 3.8) is 0 Å². The predicted octanol–water partition coefficient (Wildman–Crippen LogP) is 5.76. The number of rotatable bonds is 11. The summed E-state index contributed by atoms with van der Waals surface area (Å²) in [6, 6.07) is 21.3. The predicted molar refractivity (Wildman–Crippen MR) is 166 cm³/mol. The number of ether oxygens (including phenoxy) is 2. The Morgan fingerprint density at radius 1 is 0.872 bits per heavy atom. The number of nitriles is 1. The number of benzene rings is 3. The zero-order valence-electron chi connectivity index (χ0n) is 24.7. The third-order valence-corrected chi connectivity index (χ3v) is 7.52. The third kappa shape index (κ3) is 6.91. The maximum Gasteiger partial charge on any atom is 0.252 e. The molecule has 0 aliphatic carbocycles. The van der Waals surface area contributed by atoms with E-state index < -0.39 is 24.2 Å². The molecular weight excluding hydrogens is 611 g/mol. The van der Waals surface area contributed by atoms with Gasteiger partial charge in [-0.25, -0.2) is 23.1 Å². The fourth-order valence-corrected chi connectivity index (χ4v) is 5.16. The van der Waals surface area contributed by atoms with E-state index >= 15 is 8.78 Å². The maximum atomic E-state index is 15.6. The fraction of sp³-hybridized carbons (Fsp3) is 0.143. The standard InChI is InChI=1S/C35H26F3N5O4/c36-27-11-21(16-39)6-8-24(27)19-47-34-5-1-4-30(42-34)26-15-28(37)25(13-29(26)38)14-33-41-31-9-7-22(18-46-20-44)12-32(31)43(33)17-23-3-2-10-40-35(23)45/h1-13,15,44H,14,17-20H2,(H,40,45). The van der Waals surface area contributed by atoms with Gasteiger partial charge in [0.25, 0.3) is 5.56 Å². The molecule has 0 spiro atoms. The maximum absolute atomic E-state index is 15.6. The second kappa shape index (κ2) is 13.7. The molecule has 0 fully saturated rings. The van der Waals surface area contributed by atoms with Crippen molar-refractivity contribution in [3.05, 3.63) is 147 Å². The van der Waals surface area contributed by atoms with Crippen LogP contribution in [0, 0.1) is 28.8 Å². The number of aliphatic hydroxyl groups is 1. The average molecular weight is 638 g/mol. The summed E-state index contributed by atoms with van der Waals surface area (Å²) in [5.74, 6) is -1.55. The number of nitrogens with one attached hydrogen (secondary N) is 1. The van der Waals surface area contributed by atoms with Crippen molar-refractivity contribution in [2.45, 2.75) is 26.2 Å². The number of halogens is 3. The van der Waals surface area contributed by atoms with Crippen LogP contribution >= 0.6 is 0 Å². The molecule has 9 nitrogen and oxygen atoms in total. The minimum atomic E-state index is -0.727. The molecule has 2 N–H and O–H groups in total. The first-order chi connectivity index (χ1) is 22.8. The van der Waals surface area contributed by atoms with Crippen LogP contribution in [0.1, 0.15) is 33.6 Å². The van der Waals surface area contributed by atoms with Crippen LogP contribution in [-0.2, 0) is 30.9 Å². The number of imidazole rings is 1. The van der Waals surface area contributed by atoms with Crippen LogP contribution in [0.2, 0.25) is 0 Å². The first-order valence-electron chi connectivity index (χ1n) is 14.4. The molecule has 0 bridgehead atoms. The average Bonchev–Trinajstić information content (AvgIpc) is 3.41. The van der Waals surface area contributed by atoms with Gasteiger partial charge in [-0.3, -0.25) is 4.79 Å². The molecule has 12 heteroatoms. The van der Waals surface area contributed by atoms with Crippen LogP contribution in [0.4, 0.5) is 13.2 Å². The second-order valence-electron chi connectivity index (χ2n) is 10.6. The highest BCUT2D eigenvalue weighted by molar-refractivity contribution is 5.77. The molecule has 47 heavy (non-hydrogen) atoms. The van der Waals surface area contributed by atoms with Gasteiger partial charge in [0.1, 0.15) is 36.7 Å². The first-order valence-corrected chi connectivity index (χ1v) is 14.4. The summed E-state index contributed by atoms with van der Waals surface area (Å²) < 4.78 is 58.0. The number of aliphatic hydroxyl groups excluding tert-OH is 1. The number of hydrogen-bond acceptors (Lipinski definition) is 7.